The van der Waals surface area contributed by atoms with E-state index in [2.05, 4.69) is 10.1 Å². The van der Waals surface area contributed by atoms with Crippen LogP contribution in [0.15, 0.2) is 57.9 Å². The fourth-order valence-electron chi connectivity index (χ4n) is 2.02. The fraction of sp³-hybridized carbons (Fsp3) is 0.118. The smallest absolute Gasteiger partial charge is 0.316 e. The van der Waals surface area contributed by atoms with Crippen LogP contribution in [0.5, 0.6) is 0 Å². The Morgan fingerprint density at radius 3 is 2.56 bits per heavy atom. The van der Waals surface area contributed by atoms with Gasteiger partial charge in [0.05, 0.1) is 10.7 Å². The number of thioether (sulfide) groups is 1. The van der Waals surface area contributed by atoms with E-state index in [0.29, 0.717) is 10.8 Å². The van der Waals surface area contributed by atoms with E-state index in [1.807, 2.05) is 0 Å². The number of ether oxygens (including phenoxy) is 1. The van der Waals surface area contributed by atoms with Gasteiger partial charge < -0.3 is 9.26 Å². The minimum atomic E-state index is -0.481. The van der Waals surface area contributed by atoms with Crippen LogP contribution in [-0.4, -0.2) is 26.8 Å². The normalized spacial score (nSPS) is 10.6. The van der Waals surface area contributed by atoms with Crippen LogP contribution in [0, 0.1) is 10.1 Å². The number of nitrogens with zero attached hydrogens (tertiary/aromatic N) is 3. The first kappa shape index (κ1) is 18.9. The van der Waals surface area contributed by atoms with Gasteiger partial charge in [-0.15, -0.1) is 11.8 Å². The third kappa shape index (κ3) is 5.28. The summed E-state index contributed by atoms with van der Waals surface area (Å²) in [6, 6.07) is 12.8. The number of nitro benzene ring substituents is 1. The van der Waals surface area contributed by atoms with Crippen molar-refractivity contribution in [2.45, 2.75) is 11.5 Å². The molecule has 10 heteroatoms. The SMILES string of the molecule is O=C(CSc1ccc([N+](=O)[O-])cc1)OCc1nc(-c2ccc(Cl)cc2)no1. The van der Waals surface area contributed by atoms with Gasteiger partial charge >= 0.3 is 5.97 Å². The standard InChI is InChI=1S/C17H12ClN3O5S/c18-12-3-1-11(2-4-12)17-19-15(26-20-17)9-25-16(22)10-27-14-7-5-13(6-8-14)21(23)24/h1-8H,9-10H2. The summed E-state index contributed by atoms with van der Waals surface area (Å²) in [6.07, 6.45) is 0. The molecule has 0 aliphatic rings. The van der Waals surface area contributed by atoms with Crippen molar-refractivity contribution >= 4 is 35.0 Å². The first-order valence-corrected chi connectivity index (χ1v) is 8.99. The van der Waals surface area contributed by atoms with E-state index >= 15 is 0 Å². The number of esters is 1. The zero-order valence-corrected chi connectivity index (χ0v) is 15.3. The summed E-state index contributed by atoms with van der Waals surface area (Å²) in [5.41, 5.74) is 0.726. The number of aromatic nitrogens is 2. The number of hydrogen-bond acceptors (Lipinski definition) is 8. The molecule has 0 saturated carbocycles. The van der Waals surface area contributed by atoms with Crippen molar-refractivity contribution in [1.29, 1.82) is 0 Å². The zero-order valence-electron chi connectivity index (χ0n) is 13.7. The van der Waals surface area contributed by atoms with Gasteiger partial charge in [-0.25, -0.2) is 0 Å². The second-order valence-electron chi connectivity index (χ2n) is 5.22. The van der Waals surface area contributed by atoms with Crippen LogP contribution in [0.1, 0.15) is 5.89 Å². The number of benzene rings is 2. The van der Waals surface area contributed by atoms with Crippen LogP contribution >= 0.6 is 23.4 Å². The largest absolute Gasteiger partial charge is 0.455 e. The van der Waals surface area contributed by atoms with Crippen molar-refractivity contribution in [2.24, 2.45) is 0 Å². The Hall–Kier alpha value is -2.91. The molecule has 0 unspecified atom stereocenters. The van der Waals surface area contributed by atoms with Crippen molar-refractivity contribution < 1.29 is 19.0 Å². The molecule has 138 valence electrons. The third-order valence-electron chi connectivity index (χ3n) is 3.33. The molecule has 1 aromatic heterocycles. The second kappa shape index (κ2) is 8.65. The van der Waals surface area contributed by atoms with Gasteiger partial charge in [-0.1, -0.05) is 16.8 Å². The molecule has 0 atom stereocenters. The summed E-state index contributed by atoms with van der Waals surface area (Å²) in [7, 11) is 0. The maximum Gasteiger partial charge on any atom is 0.316 e. The van der Waals surface area contributed by atoms with Crippen LogP contribution in [0.25, 0.3) is 11.4 Å². The summed E-state index contributed by atoms with van der Waals surface area (Å²) in [5, 5.41) is 15.0. The summed E-state index contributed by atoms with van der Waals surface area (Å²) in [6.45, 7) is -0.139. The highest BCUT2D eigenvalue weighted by Gasteiger charge is 2.12. The molecule has 0 aliphatic heterocycles. The van der Waals surface area contributed by atoms with Gasteiger partial charge in [0.2, 0.25) is 5.82 Å². The predicted octanol–water partition coefficient (Wildman–Crippen LogP) is 4.13. The van der Waals surface area contributed by atoms with Gasteiger partial charge in [0.1, 0.15) is 0 Å². The Kier molecular flexibility index (Phi) is 6.05. The van der Waals surface area contributed by atoms with Gasteiger partial charge in [-0.05, 0) is 36.4 Å². The molecule has 0 radical (unpaired) electrons. The Morgan fingerprint density at radius 1 is 1.19 bits per heavy atom. The number of carbonyl (C=O) groups is 1. The highest BCUT2D eigenvalue weighted by atomic mass is 35.5. The number of hydrogen-bond donors (Lipinski definition) is 0. The average molecular weight is 406 g/mol. The van der Waals surface area contributed by atoms with Gasteiger partial charge in [-0.2, -0.15) is 4.98 Å². The summed E-state index contributed by atoms with van der Waals surface area (Å²) >= 11 is 7.04. The lowest BCUT2D eigenvalue weighted by atomic mass is 10.2. The lowest BCUT2D eigenvalue weighted by molar-refractivity contribution is -0.384. The van der Waals surface area contributed by atoms with E-state index < -0.39 is 10.9 Å². The van der Waals surface area contributed by atoms with E-state index in [4.69, 9.17) is 20.9 Å². The Labute approximate surface area is 162 Å². The van der Waals surface area contributed by atoms with Crippen molar-refractivity contribution in [3.63, 3.8) is 0 Å². The quantitative estimate of drug-likeness (QED) is 0.250. The third-order valence-corrected chi connectivity index (χ3v) is 4.57. The number of rotatable bonds is 7. The molecular formula is C17H12ClN3O5S. The Bertz CT molecular complexity index is 944. The van der Waals surface area contributed by atoms with Crippen molar-refractivity contribution in [3.8, 4) is 11.4 Å². The summed E-state index contributed by atoms with van der Waals surface area (Å²) in [4.78, 5) is 26.8. The molecule has 3 aromatic rings. The van der Waals surface area contributed by atoms with Crippen LogP contribution in [0.3, 0.4) is 0 Å². The first-order chi connectivity index (χ1) is 13.0. The van der Waals surface area contributed by atoms with Gasteiger partial charge in [-0.3, -0.25) is 14.9 Å². The van der Waals surface area contributed by atoms with Crippen LogP contribution in [-0.2, 0) is 16.1 Å². The molecule has 1 heterocycles. The van der Waals surface area contributed by atoms with Gasteiger partial charge in [0, 0.05) is 27.6 Å². The fourth-order valence-corrected chi connectivity index (χ4v) is 2.84. The minimum Gasteiger partial charge on any atom is -0.455 e. The lowest BCUT2D eigenvalue weighted by Crippen LogP contribution is -2.07. The van der Waals surface area contributed by atoms with E-state index in [1.54, 1.807) is 36.4 Å². The number of halogens is 1. The lowest BCUT2D eigenvalue weighted by Gasteiger charge is -2.02. The molecule has 0 fully saturated rings. The molecule has 27 heavy (non-hydrogen) atoms. The predicted molar refractivity (Wildman–Crippen MR) is 98.4 cm³/mol. The van der Waals surface area contributed by atoms with Crippen LogP contribution in [0.2, 0.25) is 5.02 Å². The number of carbonyl (C=O) groups excluding carboxylic acids is 1. The van der Waals surface area contributed by atoms with Gasteiger partial charge in [0.25, 0.3) is 11.6 Å². The van der Waals surface area contributed by atoms with Crippen molar-refractivity contribution in [3.05, 3.63) is 69.6 Å². The molecule has 0 N–H and O–H groups in total. The minimum absolute atomic E-state index is 0.00480. The molecule has 0 saturated heterocycles. The summed E-state index contributed by atoms with van der Waals surface area (Å²) < 4.78 is 10.2. The van der Waals surface area contributed by atoms with Crippen LogP contribution < -0.4 is 0 Å². The molecule has 0 amide bonds. The van der Waals surface area contributed by atoms with E-state index in [0.717, 1.165) is 10.5 Å². The molecule has 0 spiro atoms. The van der Waals surface area contributed by atoms with Crippen molar-refractivity contribution in [1.82, 2.24) is 10.1 Å². The average Bonchev–Trinajstić information content (AvgIpc) is 3.14. The molecule has 8 nitrogen and oxygen atoms in total. The molecule has 0 aliphatic carbocycles. The molecular weight excluding hydrogens is 394 g/mol. The topological polar surface area (TPSA) is 108 Å². The monoisotopic (exact) mass is 405 g/mol. The molecule has 3 rings (SSSR count). The maximum atomic E-state index is 11.8. The zero-order chi connectivity index (χ0) is 19.2. The highest BCUT2D eigenvalue weighted by molar-refractivity contribution is 8.00. The maximum absolute atomic E-state index is 11.8. The first-order valence-electron chi connectivity index (χ1n) is 7.62. The van der Waals surface area contributed by atoms with Crippen molar-refractivity contribution in [2.75, 3.05) is 5.75 Å². The second-order valence-corrected chi connectivity index (χ2v) is 6.70. The van der Waals surface area contributed by atoms with E-state index in [1.165, 1.54) is 23.9 Å². The Balaban J connectivity index is 1.48. The summed E-state index contributed by atoms with van der Waals surface area (Å²) in [5.74, 6) is 0.131. The highest BCUT2D eigenvalue weighted by Crippen LogP contribution is 2.22. The van der Waals surface area contributed by atoms with Crippen LogP contribution in [0.4, 0.5) is 5.69 Å². The molecule has 0 bridgehead atoms. The van der Waals surface area contributed by atoms with E-state index in [9.17, 15) is 14.9 Å². The number of nitro groups is 1. The number of non-ortho nitro benzene ring substituents is 1. The molecule has 2 aromatic carbocycles. The Morgan fingerprint density at radius 2 is 1.89 bits per heavy atom. The van der Waals surface area contributed by atoms with E-state index in [-0.39, 0.29) is 23.9 Å². The van der Waals surface area contributed by atoms with Gasteiger partial charge in [0.15, 0.2) is 6.61 Å².